The van der Waals surface area contributed by atoms with Crippen LogP contribution in [0.5, 0.6) is 0 Å². The minimum atomic E-state index is 0.0977. The smallest absolute Gasteiger partial charge is 0.320 e. The molecule has 0 bridgehead atoms. The van der Waals surface area contributed by atoms with Crippen molar-refractivity contribution in [1.29, 1.82) is 0 Å². The number of hydrogen-bond acceptors (Lipinski definition) is 7. The van der Waals surface area contributed by atoms with Crippen molar-refractivity contribution in [2.45, 2.75) is 25.8 Å². The van der Waals surface area contributed by atoms with E-state index in [1.54, 1.807) is 12.5 Å². The van der Waals surface area contributed by atoms with Crippen LogP contribution < -0.4 is 5.43 Å². The minimum Gasteiger partial charge on any atom is -0.378 e. The molecule has 11 heteroatoms. The summed E-state index contributed by atoms with van der Waals surface area (Å²) in [6.07, 6.45) is 5.14. The van der Waals surface area contributed by atoms with Crippen molar-refractivity contribution in [3.63, 3.8) is 0 Å². The average molecular weight is 483 g/mol. The van der Waals surface area contributed by atoms with Crippen LogP contribution in [0.25, 0.3) is 11.2 Å². The topological polar surface area (TPSA) is 101 Å². The van der Waals surface area contributed by atoms with E-state index in [-0.39, 0.29) is 17.4 Å². The van der Waals surface area contributed by atoms with Crippen LogP contribution in [0.1, 0.15) is 30.0 Å². The molecule has 1 N–H and O–H groups in total. The highest BCUT2D eigenvalue weighted by Crippen LogP contribution is 2.29. The number of piperidine rings is 1. The number of amides is 2. The van der Waals surface area contributed by atoms with Crippen LogP contribution >= 0.6 is 11.6 Å². The Morgan fingerprint density at radius 1 is 1.18 bits per heavy atom. The number of anilines is 1. The van der Waals surface area contributed by atoms with Gasteiger partial charge < -0.3 is 19.1 Å². The number of ether oxygens (including phenoxy) is 1. The summed E-state index contributed by atoms with van der Waals surface area (Å²) in [6, 6.07) is 8.31. The monoisotopic (exact) mass is 482 g/mol. The maximum Gasteiger partial charge on any atom is 0.320 e. The number of imidazole rings is 1. The molecule has 2 aromatic heterocycles. The average Bonchev–Trinajstić information content (AvgIpc) is 3.28. The number of hydrazone groups is 1. The number of nitrogens with one attached hydrogen (secondary N) is 1. The maximum absolute atomic E-state index is 12.8. The SMILES string of the molecule is Cc1cccc(/C=N/Nc2nc(Cl)nc3c2ncn3C2CCN(C(=O)N3CCOCC3)CC2)c1. The fourth-order valence-corrected chi connectivity index (χ4v) is 4.61. The van der Waals surface area contributed by atoms with Gasteiger partial charge in [0.1, 0.15) is 0 Å². The summed E-state index contributed by atoms with van der Waals surface area (Å²) in [4.78, 5) is 29.8. The van der Waals surface area contributed by atoms with Gasteiger partial charge in [-0.2, -0.15) is 15.1 Å². The fourth-order valence-electron chi connectivity index (χ4n) is 4.44. The van der Waals surface area contributed by atoms with Crippen molar-refractivity contribution in [2.75, 3.05) is 44.8 Å². The second-order valence-electron chi connectivity index (χ2n) is 8.55. The van der Waals surface area contributed by atoms with Gasteiger partial charge in [0.2, 0.25) is 5.28 Å². The number of morpholine rings is 1. The Bertz CT molecular complexity index is 1200. The number of fused-ring (bicyclic) bond motifs is 1. The van der Waals surface area contributed by atoms with Gasteiger partial charge in [-0.3, -0.25) is 5.43 Å². The number of benzene rings is 1. The molecule has 34 heavy (non-hydrogen) atoms. The van der Waals surface area contributed by atoms with Crippen LogP contribution in [0, 0.1) is 6.92 Å². The highest BCUT2D eigenvalue weighted by molar-refractivity contribution is 6.28. The number of nitrogens with zero attached hydrogens (tertiary/aromatic N) is 7. The van der Waals surface area contributed by atoms with Crippen molar-refractivity contribution in [1.82, 2.24) is 29.3 Å². The first kappa shape index (κ1) is 22.5. The third kappa shape index (κ3) is 4.83. The third-order valence-electron chi connectivity index (χ3n) is 6.23. The molecule has 2 amide bonds. The highest BCUT2D eigenvalue weighted by Gasteiger charge is 2.29. The van der Waals surface area contributed by atoms with E-state index in [0.29, 0.717) is 56.4 Å². The van der Waals surface area contributed by atoms with Crippen LogP contribution in [-0.4, -0.2) is 81.0 Å². The molecule has 1 aromatic carbocycles. The molecule has 10 nitrogen and oxygen atoms in total. The molecule has 178 valence electrons. The number of carbonyl (C=O) groups excluding carboxylic acids is 1. The predicted octanol–water partition coefficient (Wildman–Crippen LogP) is 3.32. The van der Waals surface area contributed by atoms with Gasteiger partial charge in [0, 0.05) is 32.2 Å². The molecule has 4 heterocycles. The number of aryl methyl sites for hydroxylation is 1. The Morgan fingerprint density at radius 2 is 1.94 bits per heavy atom. The first-order chi connectivity index (χ1) is 16.6. The van der Waals surface area contributed by atoms with Gasteiger partial charge in [-0.15, -0.1) is 0 Å². The summed E-state index contributed by atoms with van der Waals surface area (Å²) in [5, 5.41) is 4.44. The second kappa shape index (κ2) is 9.94. The number of halogens is 1. The molecule has 0 saturated carbocycles. The molecule has 5 rings (SSSR count). The fraction of sp³-hybridized carbons (Fsp3) is 0.435. The second-order valence-corrected chi connectivity index (χ2v) is 8.89. The van der Waals surface area contributed by atoms with Crippen LogP contribution in [0.3, 0.4) is 0 Å². The molecular weight excluding hydrogens is 456 g/mol. The Morgan fingerprint density at radius 3 is 2.71 bits per heavy atom. The summed E-state index contributed by atoms with van der Waals surface area (Å²) in [6.45, 7) is 5.93. The summed E-state index contributed by atoms with van der Waals surface area (Å²) < 4.78 is 7.39. The maximum atomic E-state index is 12.8. The van der Waals surface area contributed by atoms with Crippen LogP contribution in [0.4, 0.5) is 10.6 Å². The first-order valence-corrected chi connectivity index (χ1v) is 11.8. The molecule has 2 saturated heterocycles. The molecule has 0 spiro atoms. The Hall–Kier alpha value is -3.24. The summed E-state index contributed by atoms with van der Waals surface area (Å²) in [7, 11) is 0. The molecule has 0 unspecified atom stereocenters. The lowest BCUT2D eigenvalue weighted by molar-refractivity contribution is 0.0403. The molecule has 0 aliphatic carbocycles. The molecule has 2 fully saturated rings. The summed E-state index contributed by atoms with van der Waals surface area (Å²) in [5.74, 6) is 0.456. The summed E-state index contributed by atoms with van der Waals surface area (Å²) >= 11 is 6.24. The molecular formula is C23H27ClN8O2. The largest absolute Gasteiger partial charge is 0.378 e. The van der Waals surface area contributed by atoms with Crippen LogP contribution in [0.2, 0.25) is 5.28 Å². The summed E-state index contributed by atoms with van der Waals surface area (Å²) in [5.41, 5.74) is 6.37. The third-order valence-corrected chi connectivity index (χ3v) is 6.40. The van der Waals surface area contributed by atoms with Gasteiger partial charge >= 0.3 is 6.03 Å². The van der Waals surface area contributed by atoms with Crippen molar-refractivity contribution < 1.29 is 9.53 Å². The lowest BCUT2D eigenvalue weighted by Gasteiger charge is -2.37. The Kier molecular flexibility index (Phi) is 6.59. The van der Waals surface area contributed by atoms with E-state index in [0.717, 1.165) is 24.0 Å². The number of carbonyl (C=O) groups is 1. The zero-order valence-electron chi connectivity index (χ0n) is 19.0. The van der Waals surface area contributed by atoms with E-state index in [1.165, 1.54) is 0 Å². The van der Waals surface area contributed by atoms with Crippen molar-refractivity contribution in [3.8, 4) is 0 Å². The van der Waals surface area contributed by atoms with Gasteiger partial charge in [-0.1, -0.05) is 29.8 Å². The lowest BCUT2D eigenvalue weighted by atomic mass is 10.1. The number of rotatable bonds is 4. The van der Waals surface area contributed by atoms with Gasteiger partial charge in [0.25, 0.3) is 0 Å². The van der Waals surface area contributed by atoms with E-state index in [4.69, 9.17) is 16.3 Å². The van der Waals surface area contributed by atoms with E-state index in [9.17, 15) is 4.79 Å². The normalized spacial score (nSPS) is 17.6. The molecule has 0 atom stereocenters. The number of aromatic nitrogens is 4. The Balaban J connectivity index is 1.28. The van der Waals surface area contributed by atoms with Crippen molar-refractivity contribution in [2.24, 2.45) is 5.10 Å². The predicted molar refractivity (Wildman–Crippen MR) is 130 cm³/mol. The lowest BCUT2D eigenvalue weighted by Crippen LogP contribution is -2.50. The number of likely N-dealkylation sites (tertiary alicyclic amines) is 1. The zero-order valence-corrected chi connectivity index (χ0v) is 19.8. The molecule has 0 radical (unpaired) electrons. The van der Waals surface area contributed by atoms with Gasteiger partial charge in [0.05, 0.1) is 25.8 Å². The van der Waals surface area contributed by atoms with E-state index in [2.05, 4.69) is 25.5 Å². The quantitative estimate of drug-likeness (QED) is 0.348. The number of urea groups is 1. The van der Waals surface area contributed by atoms with Crippen molar-refractivity contribution >= 4 is 40.8 Å². The van der Waals surface area contributed by atoms with E-state index in [1.807, 2.05) is 45.6 Å². The van der Waals surface area contributed by atoms with Gasteiger partial charge in [-0.25, -0.2) is 9.78 Å². The minimum absolute atomic E-state index is 0.0977. The molecule has 2 aliphatic rings. The standard InChI is InChI=1S/C23H27ClN8O2/c1-16-3-2-4-17(13-16)14-26-29-20-19-21(28-22(24)27-20)32(15-25-19)18-5-7-30(8-6-18)23(33)31-9-11-34-12-10-31/h2-4,13-15,18H,5-12H2,1H3,(H,27,28,29)/b26-14+. The molecule has 3 aromatic rings. The van der Waals surface area contributed by atoms with Crippen molar-refractivity contribution in [3.05, 3.63) is 47.0 Å². The van der Waals surface area contributed by atoms with Gasteiger partial charge in [0.15, 0.2) is 17.0 Å². The highest BCUT2D eigenvalue weighted by atomic mass is 35.5. The zero-order chi connectivity index (χ0) is 23.5. The van der Waals surface area contributed by atoms with Crippen LogP contribution in [-0.2, 0) is 4.74 Å². The molecule has 2 aliphatic heterocycles. The van der Waals surface area contributed by atoms with E-state index >= 15 is 0 Å². The number of hydrogen-bond donors (Lipinski definition) is 1. The van der Waals surface area contributed by atoms with Crippen LogP contribution in [0.15, 0.2) is 35.7 Å². The first-order valence-electron chi connectivity index (χ1n) is 11.5. The Labute approximate surface area is 202 Å². The van der Waals surface area contributed by atoms with E-state index < -0.39 is 0 Å². The van der Waals surface area contributed by atoms with Gasteiger partial charge in [-0.05, 0) is 36.9 Å².